The molecule has 2 N–H and O–H groups in total. The lowest BCUT2D eigenvalue weighted by molar-refractivity contribution is -0.122. The number of nitrogens with zero attached hydrogens (tertiary/aromatic N) is 1. The number of amides is 5. The zero-order valence-electron chi connectivity index (χ0n) is 18.3. The maximum Gasteiger partial charge on any atom is 0.335 e. The maximum atomic E-state index is 13.0. The average Bonchev–Trinajstić information content (AvgIpc) is 2.82. The average molecular weight is 545 g/mol. The second-order valence-electron chi connectivity index (χ2n) is 7.47. The molecule has 0 aromatic heterocycles. The van der Waals surface area contributed by atoms with Gasteiger partial charge in [-0.1, -0.05) is 46.9 Å². The Bertz CT molecular complexity index is 1410. The van der Waals surface area contributed by atoms with Crippen LogP contribution in [-0.2, 0) is 14.4 Å². The molecule has 36 heavy (non-hydrogen) atoms. The van der Waals surface area contributed by atoms with Gasteiger partial charge in [0.1, 0.15) is 11.3 Å². The van der Waals surface area contributed by atoms with Crippen molar-refractivity contribution in [2.75, 3.05) is 16.8 Å². The molecule has 0 radical (unpaired) electrons. The molecule has 4 rings (SSSR count). The number of hydrogen-bond acceptors (Lipinski definition) is 5. The van der Waals surface area contributed by atoms with E-state index >= 15 is 0 Å². The normalized spacial score (nSPS) is 14.6. The fraction of sp³-hybridized carbons (Fsp3) is 0.0400. The number of hydrogen-bond donors (Lipinski definition) is 2. The largest absolute Gasteiger partial charge is 0.482 e. The molecular weight excluding hydrogens is 529 g/mol. The predicted octanol–water partition coefficient (Wildman–Crippen LogP) is 5.33. The van der Waals surface area contributed by atoms with E-state index in [0.29, 0.717) is 21.3 Å². The van der Waals surface area contributed by atoms with Crippen LogP contribution in [0.4, 0.5) is 16.2 Å². The molecule has 0 spiro atoms. The first kappa shape index (κ1) is 25.2. The van der Waals surface area contributed by atoms with E-state index in [4.69, 9.17) is 39.5 Å². The molecule has 1 saturated heterocycles. The molecule has 1 fully saturated rings. The van der Waals surface area contributed by atoms with Crippen LogP contribution in [0.2, 0.25) is 15.1 Å². The van der Waals surface area contributed by atoms with Crippen LogP contribution < -0.4 is 20.3 Å². The van der Waals surface area contributed by atoms with Gasteiger partial charge in [0.25, 0.3) is 17.7 Å². The molecular formula is C25H16Cl3N3O5. The second-order valence-corrected chi connectivity index (χ2v) is 8.75. The predicted molar refractivity (Wildman–Crippen MR) is 137 cm³/mol. The molecule has 1 aliphatic rings. The summed E-state index contributed by atoms with van der Waals surface area (Å²) >= 11 is 18.1. The van der Waals surface area contributed by atoms with Gasteiger partial charge in [-0.15, -0.1) is 0 Å². The number of anilines is 2. The molecule has 11 heteroatoms. The van der Waals surface area contributed by atoms with E-state index < -0.39 is 23.8 Å². The number of benzene rings is 3. The van der Waals surface area contributed by atoms with Crippen LogP contribution in [0.3, 0.4) is 0 Å². The van der Waals surface area contributed by atoms with Gasteiger partial charge in [-0.3, -0.25) is 19.7 Å². The van der Waals surface area contributed by atoms with Gasteiger partial charge >= 0.3 is 6.03 Å². The fourth-order valence-electron chi connectivity index (χ4n) is 3.27. The van der Waals surface area contributed by atoms with Crippen LogP contribution in [0, 0.1) is 0 Å². The molecule has 3 aromatic rings. The van der Waals surface area contributed by atoms with Crippen molar-refractivity contribution in [1.82, 2.24) is 5.32 Å². The Morgan fingerprint density at radius 2 is 1.69 bits per heavy atom. The van der Waals surface area contributed by atoms with Crippen molar-refractivity contribution in [3.05, 3.63) is 92.9 Å². The first-order valence-corrected chi connectivity index (χ1v) is 11.5. The van der Waals surface area contributed by atoms with Crippen LogP contribution in [0.15, 0.2) is 72.3 Å². The smallest absolute Gasteiger partial charge is 0.335 e. The number of halogens is 3. The number of nitrogens with one attached hydrogen (secondary N) is 2. The third-order valence-corrected chi connectivity index (χ3v) is 5.70. The summed E-state index contributed by atoms with van der Waals surface area (Å²) in [5, 5.41) is 5.81. The first-order chi connectivity index (χ1) is 17.2. The van der Waals surface area contributed by atoms with Crippen LogP contribution >= 0.6 is 34.8 Å². The fourth-order valence-corrected chi connectivity index (χ4v) is 3.83. The summed E-state index contributed by atoms with van der Waals surface area (Å²) in [5.41, 5.74) is 0.891. The number of ether oxygens (including phenoxy) is 1. The van der Waals surface area contributed by atoms with Crippen LogP contribution in [0.25, 0.3) is 6.08 Å². The molecule has 0 atom stereocenters. The molecule has 0 aliphatic carbocycles. The summed E-state index contributed by atoms with van der Waals surface area (Å²) in [5.74, 6) is -1.85. The molecule has 0 bridgehead atoms. The van der Waals surface area contributed by atoms with Gasteiger partial charge in [0.15, 0.2) is 6.61 Å². The van der Waals surface area contributed by atoms with Gasteiger partial charge in [0.2, 0.25) is 0 Å². The van der Waals surface area contributed by atoms with E-state index in [0.717, 1.165) is 4.90 Å². The minimum absolute atomic E-state index is 0.148. The minimum atomic E-state index is -0.886. The third-order valence-electron chi connectivity index (χ3n) is 4.92. The number of rotatable bonds is 6. The van der Waals surface area contributed by atoms with E-state index in [2.05, 4.69) is 10.6 Å². The minimum Gasteiger partial charge on any atom is -0.482 e. The van der Waals surface area contributed by atoms with Crippen molar-refractivity contribution in [3.63, 3.8) is 0 Å². The molecule has 182 valence electrons. The highest BCUT2D eigenvalue weighted by atomic mass is 35.5. The molecule has 1 heterocycles. The van der Waals surface area contributed by atoms with Crippen molar-refractivity contribution in [3.8, 4) is 5.75 Å². The lowest BCUT2D eigenvalue weighted by Crippen LogP contribution is -2.54. The summed E-state index contributed by atoms with van der Waals surface area (Å²) in [6.45, 7) is -0.305. The Kier molecular flexibility index (Phi) is 7.59. The van der Waals surface area contributed by atoms with Gasteiger partial charge in [-0.2, -0.15) is 0 Å². The van der Waals surface area contributed by atoms with Gasteiger partial charge in [-0.05, 0) is 66.2 Å². The summed E-state index contributed by atoms with van der Waals surface area (Å²) in [6, 6.07) is 16.3. The quantitative estimate of drug-likeness (QED) is 0.322. The Labute approximate surface area is 220 Å². The van der Waals surface area contributed by atoms with Crippen LogP contribution in [0.5, 0.6) is 5.75 Å². The molecule has 1 aliphatic heterocycles. The standard InChI is InChI=1S/C25H16Cl3N3O5/c26-15-5-7-17(8-6-15)29-22(32)13-36-21-9-4-14(11-20(21)28)10-19-23(33)30-25(35)31(24(19)34)18-3-1-2-16(27)12-18/h1-12H,13H2,(H,29,32)(H,30,33,35)/b19-10+. The third kappa shape index (κ3) is 5.85. The number of barbiturate groups is 1. The summed E-state index contributed by atoms with van der Waals surface area (Å²) in [4.78, 5) is 50.6. The Morgan fingerprint density at radius 1 is 0.944 bits per heavy atom. The Morgan fingerprint density at radius 3 is 2.39 bits per heavy atom. The van der Waals surface area contributed by atoms with Crippen molar-refractivity contribution in [2.24, 2.45) is 0 Å². The van der Waals surface area contributed by atoms with Gasteiger partial charge in [0, 0.05) is 15.7 Å². The maximum absolute atomic E-state index is 13.0. The zero-order chi connectivity index (χ0) is 25.8. The highest BCUT2D eigenvalue weighted by Crippen LogP contribution is 2.28. The van der Waals surface area contributed by atoms with Crippen molar-refractivity contribution in [2.45, 2.75) is 0 Å². The number of carbonyl (C=O) groups excluding carboxylic acids is 4. The van der Waals surface area contributed by atoms with Crippen molar-refractivity contribution in [1.29, 1.82) is 0 Å². The monoisotopic (exact) mass is 543 g/mol. The first-order valence-electron chi connectivity index (χ1n) is 10.4. The van der Waals surface area contributed by atoms with E-state index in [-0.39, 0.29) is 28.6 Å². The lowest BCUT2D eigenvalue weighted by atomic mass is 10.1. The number of urea groups is 1. The van der Waals surface area contributed by atoms with Gasteiger partial charge < -0.3 is 10.1 Å². The van der Waals surface area contributed by atoms with Gasteiger partial charge in [-0.25, -0.2) is 9.69 Å². The topological polar surface area (TPSA) is 105 Å². The summed E-state index contributed by atoms with van der Waals surface area (Å²) in [6.07, 6.45) is 1.30. The zero-order valence-corrected chi connectivity index (χ0v) is 20.5. The van der Waals surface area contributed by atoms with E-state index in [1.54, 1.807) is 42.5 Å². The molecule has 0 saturated carbocycles. The summed E-state index contributed by atoms with van der Waals surface area (Å²) in [7, 11) is 0. The number of imide groups is 2. The summed E-state index contributed by atoms with van der Waals surface area (Å²) < 4.78 is 5.48. The van der Waals surface area contributed by atoms with Crippen molar-refractivity contribution < 1.29 is 23.9 Å². The van der Waals surface area contributed by atoms with E-state index in [1.807, 2.05) is 0 Å². The van der Waals surface area contributed by atoms with E-state index in [1.165, 1.54) is 30.3 Å². The van der Waals surface area contributed by atoms with E-state index in [9.17, 15) is 19.2 Å². The van der Waals surface area contributed by atoms with Gasteiger partial charge in [0.05, 0.1) is 10.7 Å². The van der Waals surface area contributed by atoms with Crippen LogP contribution in [-0.4, -0.2) is 30.4 Å². The van der Waals surface area contributed by atoms with Crippen LogP contribution in [0.1, 0.15) is 5.56 Å². The Hall–Kier alpha value is -3.85. The molecule has 5 amide bonds. The second kappa shape index (κ2) is 10.8. The SMILES string of the molecule is O=C(COc1ccc(/C=C2\C(=O)NC(=O)N(c3cccc(Cl)c3)C2=O)cc1Cl)Nc1ccc(Cl)cc1. The van der Waals surface area contributed by atoms with Crippen molar-refractivity contribution >= 4 is 76.0 Å². The highest BCUT2D eigenvalue weighted by Gasteiger charge is 2.36. The highest BCUT2D eigenvalue weighted by molar-refractivity contribution is 6.39. The molecule has 3 aromatic carbocycles. The number of carbonyl (C=O) groups is 4. The molecule has 8 nitrogen and oxygen atoms in total. The Balaban J connectivity index is 1.47. The molecule has 0 unspecified atom stereocenters. The lowest BCUT2D eigenvalue weighted by Gasteiger charge is -2.26.